The van der Waals surface area contributed by atoms with Crippen molar-refractivity contribution in [3.8, 4) is 5.88 Å². The number of methoxy groups -OCH3 is 1. The van der Waals surface area contributed by atoms with Gasteiger partial charge in [-0.05, 0) is 6.07 Å². The number of ether oxygens (including phenoxy) is 1. The summed E-state index contributed by atoms with van der Waals surface area (Å²) in [6.45, 7) is 0. The van der Waals surface area contributed by atoms with Gasteiger partial charge in [0, 0.05) is 18.1 Å². The van der Waals surface area contributed by atoms with Crippen LogP contribution < -0.4 is 10.5 Å². The van der Waals surface area contributed by atoms with Gasteiger partial charge in [-0.2, -0.15) is 0 Å². The lowest BCUT2D eigenvalue weighted by atomic mass is 10.2. The van der Waals surface area contributed by atoms with Gasteiger partial charge in [0.25, 0.3) is 0 Å². The van der Waals surface area contributed by atoms with E-state index in [2.05, 4.69) is 4.98 Å². The summed E-state index contributed by atoms with van der Waals surface area (Å²) in [5, 5.41) is 7.00. The smallest absolute Gasteiger partial charge is 0.224 e. The first kappa shape index (κ1) is 7.53. The van der Waals surface area contributed by atoms with Crippen LogP contribution in [0.25, 0.3) is 0 Å². The molecule has 0 spiro atoms. The molecule has 0 aliphatic heterocycles. The second kappa shape index (κ2) is 3.01. The molecule has 0 atom stereocenters. The molecule has 1 aromatic rings. The lowest BCUT2D eigenvalue weighted by Gasteiger charge is -2.03. The maximum atomic E-state index is 7.00. The van der Waals surface area contributed by atoms with E-state index in [1.807, 2.05) is 0 Å². The maximum absolute atomic E-state index is 7.00. The highest BCUT2D eigenvalue weighted by molar-refractivity contribution is 5.87. The van der Waals surface area contributed by atoms with Crippen LogP contribution in [-0.2, 0) is 0 Å². The summed E-state index contributed by atoms with van der Waals surface area (Å²) >= 11 is 0. The monoisotopic (exact) mass is 151 g/mol. The quantitative estimate of drug-likeness (QED) is 0.610. The first-order valence-corrected chi connectivity index (χ1v) is 3.08. The van der Waals surface area contributed by atoms with E-state index in [9.17, 15) is 0 Å². The molecule has 0 bridgehead atoms. The molecule has 11 heavy (non-hydrogen) atoms. The number of nitrogen functional groups attached to an aromatic ring is 1. The van der Waals surface area contributed by atoms with Gasteiger partial charge in [0.05, 0.1) is 12.7 Å². The second-order valence-electron chi connectivity index (χ2n) is 1.97. The minimum Gasteiger partial charge on any atom is -0.480 e. The molecule has 0 radical (unpaired) electrons. The van der Waals surface area contributed by atoms with Crippen LogP contribution in [0.3, 0.4) is 0 Å². The van der Waals surface area contributed by atoms with E-state index < -0.39 is 0 Å². The van der Waals surface area contributed by atoms with Crippen LogP contribution in [0.5, 0.6) is 5.88 Å². The number of nitrogens with one attached hydrogen (secondary N) is 1. The molecule has 4 nitrogen and oxygen atoms in total. The van der Waals surface area contributed by atoms with Crippen molar-refractivity contribution in [3.05, 3.63) is 17.8 Å². The van der Waals surface area contributed by atoms with Crippen molar-refractivity contribution in [2.24, 2.45) is 0 Å². The summed E-state index contributed by atoms with van der Waals surface area (Å²) in [4.78, 5) is 3.88. The van der Waals surface area contributed by atoms with Crippen molar-refractivity contribution < 1.29 is 4.74 Å². The molecule has 0 saturated heterocycles. The van der Waals surface area contributed by atoms with Gasteiger partial charge in [0.2, 0.25) is 5.88 Å². The molecule has 0 saturated carbocycles. The van der Waals surface area contributed by atoms with Gasteiger partial charge < -0.3 is 15.9 Å². The summed E-state index contributed by atoms with van der Waals surface area (Å²) in [5.74, 6) is 0.389. The number of hydrogen-bond acceptors (Lipinski definition) is 4. The van der Waals surface area contributed by atoms with Gasteiger partial charge in [-0.25, -0.2) is 4.98 Å². The number of nitrogens with zero attached hydrogens (tertiary/aromatic N) is 1. The van der Waals surface area contributed by atoms with E-state index in [1.165, 1.54) is 7.11 Å². The zero-order valence-corrected chi connectivity index (χ0v) is 6.16. The second-order valence-corrected chi connectivity index (χ2v) is 1.97. The number of rotatable bonds is 2. The highest BCUT2D eigenvalue weighted by Crippen LogP contribution is 2.17. The van der Waals surface area contributed by atoms with Gasteiger partial charge >= 0.3 is 0 Å². The number of pyridine rings is 1. The third-order valence-corrected chi connectivity index (χ3v) is 1.32. The van der Waals surface area contributed by atoms with Crippen LogP contribution in [-0.4, -0.2) is 18.3 Å². The van der Waals surface area contributed by atoms with Crippen molar-refractivity contribution in [1.82, 2.24) is 4.98 Å². The van der Waals surface area contributed by atoms with Crippen molar-refractivity contribution >= 4 is 11.9 Å². The van der Waals surface area contributed by atoms with Crippen LogP contribution in [0.1, 0.15) is 5.56 Å². The Morgan fingerprint density at radius 2 is 2.45 bits per heavy atom. The number of anilines is 1. The summed E-state index contributed by atoms with van der Waals surface area (Å²) in [6.07, 6.45) is 2.67. The molecule has 1 rings (SSSR count). The molecule has 1 heterocycles. The number of hydrogen-bond donors (Lipinski definition) is 2. The Bertz CT molecular complexity index is 272. The van der Waals surface area contributed by atoms with E-state index in [0.717, 1.165) is 6.21 Å². The van der Waals surface area contributed by atoms with Crippen LogP contribution in [0.4, 0.5) is 5.69 Å². The molecule has 3 N–H and O–H groups in total. The first-order chi connectivity index (χ1) is 5.29. The lowest BCUT2D eigenvalue weighted by Crippen LogP contribution is -1.98. The molecule has 4 heteroatoms. The van der Waals surface area contributed by atoms with E-state index in [1.54, 1.807) is 12.3 Å². The van der Waals surface area contributed by atoms with E-state index in [0.29, 0.717) is 17.1 Å². The molecule has 0 unspecified atom stereocenters. The minimum atomic E-state index is 0.389. The van der Waals surface area contributed by atoms with Crippen molar-refractivity contribution in [2.45, 2.75) is 0 Å². The van der Waals surface area contributed by atoms with E-state index >= 15 is 0 Å². The zero-order valence-electron chi connectivity index (χ0n) is 6.16. The van der Waals surface area contributed by atoms with E-state index in [-0.39, 0.29) is 0 Å². The minimum absolute atomic E-state index is 0.389. The van der Waals surface area contributed by atoms with Crippen molar-refractivity contribution in [1.29, 1.82) is 5.41 Å². The third kappa shape index (κ3) is 1.29. The van der Waals surface area contributed by atoms with Crippen LogP contribution >= 0.6 is 0 Å². The maximum Gasteiger partial charge on any atom is 0.224 e. The van der Waals surface area contributed by atoms with Gasteiger partial charge in [-0.3, -0.25) is 0 Å². The zero-order chi connectivity index (χ0) is 8.27. The van der Waals surface area contributed by atoms with Crippen LogP contribution in [0, 0.1) is 5.41 Å². The Morgan fingerprint density at radius 1 is 1.73 bits per heavy atom. The average Bonchev–Trinajstić information content (AvgIpc) is 2.04. The van der Waals surface area contributed by atoms with E-state index in [4.69, 9.17) is 15.9 Å². The summed E-state index contributed by atoms with van der Waals surface area (Å²) < 4.78 is 4.87. The standard InChI is InChI=1S/C7H9N3O/c1-11-7-5(4-8)6(9)2-3-10-7/h2-4,8H,1H3,(H2,9,10). The molecule has 0 amide bonds. The molecule has 1 aromatic heterocycles. The number of nitrogens with two attached hydrogens (primary N) is 1. The molecule has 0 aromatic carbocycles. The predicted molar refractivity (Wildman–Crippen MR) is 43.1 cm³/mol. The Morgan fingerprint density at radius 3 is 2.91 bits per heavy atom. The SMILES string of the molecule is COc1nccc(N)c1C=N. The van der Waals surface area contributed by atoms with Crippen LogP contribution in [0.2, 0.25) is 0 Å². The molecule has 58 valence electrons. The Kier molecular flexibility index (Phi) is 2.06. The van der Waals surface area contributed by atoms with Gasteiger partial charge in [0.1, 0.15) is 0 Å². The van der Waals surface area contributed by atoms with Crippen molar-refractivity contribution in [3.63, 3.8) is 0 Å². The Balaban J connectivity index is 3.24. The van der Waals surface area contributed by atoms with Crippen molar-refractivity contribution in [2.75, 3.05) is 12.8 Å². The summed E-state index contributed by atoms with van der Waals surface area (Å²) in [5.41, 5.74) is 6.57. The largest absolute Gasteiger partial charge is 0.480 e. The molecule has 0 fully saturated rings. The molecular formula is C7H9N3O. The average molecular weight is 151 g/mol. The normalized spacial score (nSPS) is 9.18. The summed E-state index contributed by atoms with van der Waals surface area (Å²) in [6, 6.07) is 1.63. The number of aromatic nitrogens is 1. The third-order valence-electron chi connectivity index (χ3n) is 1.32. The molecule has 0 aliphatic rings. The topological polar surface area (TPSA) is 72.0 Å². The predicted octanol–water partition coefficient (Wildman–Crippen LogP) is 0.670. The fraction of sp³-hybridized carbons (Fsp3) is 0.143. The fourth-order valence-corrected chi connectivity index (χ4v) is 0.776. The lowest BCUT2D eigenvalue weighted by molar-refractivity contribution is 0.397. The molecular weight excluding hydrogens is 142 g/mol. The van der Waals surface area contributed by atoms with Gasteiger partial charge in [-0.15, -0.1) is 0 Å². The highest BCUT2D eigenvalue weighted by Gasteiger charge is 2.03. The highest BCUT2D eigenvalue weighted by atomic mass is 16.5. The first-order valence-electron chi connectivity index (χ1n) is 3.08. The van der Waals surface area contributed by atoms with Crippen LogP contribution in [0.15, 0.2) is 12.3 Å². The Labute approximate surface area is 64.5 Å². The Hall–Kier alpha value is -1.58. The van der Waals surface area contributed by atoms with Gasteiger partial charge in [0.15, 0.2) is 0 Å². The fourth-order valence-electron chi connectivity index (χ4n) is 0.776. The molecule has 0 aliphatic carbocycles. The van der Waals surface area contributed by atoms with Gasteiger partial charge in [-0.1, -0.05) is 0 Å². The summed E-state index contributed by atoms with van der Waals surface area (Å²) in [7, 11) is 1.49.